The Morgan fingerprint density at radius 2 is 2.07 bits per heavy atom. The molecule has 0 radical (unpaired) electrons. The maximum Gasteiger partial charge on any atom is 0.253 e. The van der Waals surface area contributed by atoms with Gasteiger partial charge in [-0.05, 0) is 61.1 Å². The summed E-state index contributed by atoms with van der Waals surface area (Å²) in [6, 6.07) is 15.2. The number of methoxy groups -OCH3 is 1. The fourth-order valence-electron chi connectivity index (χ4n) is 2.98. The Labute approximate surface area is 168 Å². The summed E-state index contributed by atoms with van der Waals surface area (Å²) in [6.07, 6.45) is 0. The van der Waals surface area contributed by atoms with Gasteiger partial charge in [-0.3, -0.25) is 4.79 Å². The van der Waals surface area contributed by atoms with Crippen molar-refractivity contribution in [2.75, 3.05) is 25.6 Å². The van der Waals surface area contributed by atoms with Crippen LogP contribution in [-0.2, 0) is 6.54 Å². The Hall–Kier alpha value is -2.90. The van der Waals surface area contributed by atoms with E-state index >= 15 is 0 Å². The van der Waals surface area contributed by atoms with Crippen LogP contribution in [0.3, 0.4) is 0 Å². The van der Waals surface area contributed by atoms with Crippen molar-refractivity contribution in [2.24, 2.45) is 0 Å². The van der Waals surface area contributed by atoms with Gasteiger partial charge in [-0.1, -0.05) is 12.1 Å². The highest BCUT2D eigenvalue weighted by Gasteiger charge is 2.13. The van der Waals surface area contributed by atoms with Gasteiger partial charge in [-0.25, -0.2) is 0 Å². The number of nitrogens with zero attached hydrogens (tertiary/aromatic N) is 1. The molecular formula is C21H23N3O3S. The molecule has 1 heterocycles. The van der Waals surface area contributed by atoms with Crippen LogP contribution in [0.5, 0.6) is 5.75 Å². The van der Waals surface area contributed by atoms with E-state index in [1.165, 1.54) is 0 Å². The first-order chi connectivity index (χ1) is 13.5. The number of ether oxygens (including phenoxy) is 1. The molecule has 0 saturated heterocycles. The maximum atomic E-state index is 12.5. The Bertz CT molecular complexity index is 1050. The minimum absolute atomic E-state index is 0.0745. The lowest BCUT2D eigenvalue weighted by molar-refractivity contribution is 0.248. The van der Waals surface area contributed by atoms with Crippen LogP contribution in [0.1, 0.15) is 11.1 Å². The number of aliphatic hydroxyl groups excluding tert-OH is 1. The van der Waals surface area contributed by atoms with Crippen molar-refractivity contribution >= 4 is 33.9 Å². The molecule has 0 aliphatic carbocycles. The molecule has 0 aliphatic rings. The van der Waals surface area contributed by atoms with Crippen molar-refractivity contribution in [3.8, 4) is 5.75 Å². The van der Waals surface area contributed by atoms with Crippen LogP contribution >= 0.6 is 12.2 Å². The van der Waals surface area contributed by atoms with Crippen LogP contribution in [0.2, 0.25) is 0 Å². The van der Waals surface area contributed by atoms with Gasteiger partial charge in [0, 0.05) is 28.7 Å². The molecule has 3 aromatic rings. The molecule has 28 heavy (non-hydrogen) atoms. The highest BCUT2D eigenvalue weighted by molar-refractivity contribution is 7.80. The zero-order valence-corrected chi connectivity index (χ0v) is 16.7. The monoisotopic (exact) mass is 397 g/mol. The molecule has 0 bridgehead atoms. The number of aromatic amines is 1. The van der Waals surface area contributed by atoms with E-state index in [-0.39, 0.29) is 18.7 Å². The zero-order valence-electron chi connectivity index (χ0n) is 15.9. The van der Waals surface area contributed by atoms with E-state index < -0.39 is 0 Å². The van der Waals surface area contributed by atoms with Crippen molar-refractivity contribution in [2.45, 2.75) is 13.5 Å². The number of hydrogen-bond acceptors (Lipinski definition) is 4. The third kappa shape index (κ3) is 4.68. The molecule has 1 aromatic heterocycles. The van der Waals surface area contributed by atoms with Gasteiger partial charge in [-0.2, -0.15) is 0 Å². The van der Waals surface area contributed by atoms with Crippen LogP contribution < -0.4 is 15.6 Å². The number of aromatic nitrogens is 1. The second-order valence-corrected chi connectivity index (χ2v) is 6.91. The molecule has 2 aromatic carbocycles. The number of H-pyrrole nitrogens is 1. The third-order valence-electron chi connectivity index (χ3n) is 4.42. The number of pyridine rings is 1. The van der Waals surface area contributed by atoms with Crippen LogP contribution in [0, 0.1) is 6.92 Å². The van der Waals surface area contributed by atoms with Gasteiger partial charge in [0.15, 0.2) is 5.11 Å². The average molecular weight is 398 g/mol. The fraction of sp³-hybridized carbons (Fsp3) is 0.238. The van der Waals surface area contributed by atoms with Crippen LogP contribution in [0.25, 0.3) is 10.9 Å². The molecular weight excluding hydrogens is 374 g/mol. The van der Waals surface area contributed by atoms with Gasteiger partial charge < -0.3 is 25.0 Å². The molecule has 146 valence electrons. The summed E-state index contributed by atoms with van der Waals surface area (Å²) in [6.45, 7) is 2.52. The predicted molar refractivity (Wildman–Crippen MR) is 116 cm³/mol. The van der Waals surface area contributed by atoms with Gasteiger partial charge in [0.25, 0.3) is 5.56 Å². The van der Waals surface area contributed by atoms with Crippen LogP contribution in [0.15, 0.2) is 53.3 Å². The number of fused-ring (bicyclic) bond motifs is 1. The summed E-state index contributed by atoms with van der Waals surface area (Å²) < 4.78 is 5.26. The van der Waals surface area contributed by atoms with E-state index in [9.17, 15) is 9.90 Å². The largest absolute Gasteiger partial charge is 0.497 e. The molecule has 0 saturated carbocycles. The van der Waals surface area contributed by atoms with E-state index in [1.807, 2.05) is 49.4 Å². The number of benzene rings is 2. The summed E-state index contributed by atoms with van der Waals surface area (Å²) in [5.74, 6) is 0.717. The van der Waals surface area contributed by atoms with E-state index in [0.717, 1.165) is 22.2 Å². The van der Waals surface area contributed by atoms with Gasteiger partial charge in [0.2, 0.25) is 0 Å². The lowest BCUT2D eigenvalue weighted by atomic mass is 10.1. The molecule has 0 unspecified atom stereocenters. The lowest BCUT2D eigenvalue weighted by Gasteiger charge is -2.25. The first-order valence-electron chi connectivity index (χ1n) is 8.93. The Kier molecular flexibility index (Phi) is 6.28. The van der Waals surface area contributed by atoms with E-state index in [1.54, 1.807) is 18.1 Å². The molecule has 3 N–H and O–H groups in total. The predicted octanol–water partition coefficient (Wildman–Crippen LogP) is 3.04. The number of anilines is 1. The first-order valence-corrected chi connectivity index (χ1v) is 9.34. The molecule has 3 rings (SSSR count). The standard InChI is InChI=1S/C21H23N3O3S/c1-14-4-3-5-17(10-14)22-21(28)24(8-9-25)13-16-11-15-12-18(27-2)6-7-19(15)23-20(16)26/h3-7,10-12,25H,8-9,13H2,1-2H3,(H,22,28)(H,23,26). The van der Waals surface area contributed by atoms with Gasteiger partial charge in [-0.15, -0.1) is 0 Å². The van der Waals surface area contributed by atoms with Crippen LogP contribution in [-0.4, -0.2) is 40.4 Å². The molecule has 0 atom stereocenters. The fourth-order valence-corrected chi connectivity index (χ4v) is 3.25. The molecule has 7 heteroatoms. The smallest absolute Gasteiger partial charge is 0.253 e. The summed E-state index contributed by atoms with van der Waals surface area (Å²) in [4.78, 5) is 17.2. The summed E-state index contributed by atoms with van der Waals surface area (Å²) in [5, 5.41) is 13.9. The summed E-state index contributed by atoms with van der Waals surface area (Å²) in [7, 11) is 1.60. The van der Waals surface area contributed by atoms with Gasteiger partial charge in [0.05, 0.1) is 20.3 Å². The molecule has 0 amide bonds. The number of thiocarbonyl (C=S) groups is 1. The number of nitrogens with one attached hydrogen (secondary N) is 2. The van der Waals surface area contributed by atoms with E-state index in [4.69, 9.17) is 17.0 Å². The quantitative estimate of drug-likeness (QED) is 0.555. The lowest BCUT2D eigenvalue weighted by Crippen LogP contribution is -2.37. The van der Waals surface area contributed by atoms with Crippen molar-refractivity contribution in [1.29, 1.82) is 0 Å². The van der Waals surface area contributed by atoms with Gasteiger partial charge in [0.1, 0.15) is 5.75 Å². The number of hydrogen-bond donors (Lipinski definition) is 3. The Morgan fingerprint density at radius 3 is 2.79 bits per heavy atom. The molecule has 6 nitrogen and oxygen atoms in total. The maximum absolute atomic E-state index is 12.5. The van der Waals surface area contributed by atoms with Gasteiger partial charge >= 0.3 is 0 Å². The van der Waals surface area contributed by atoms with Crippen molar-refractivity contribution in [1.82, 2.24) is 9.88 Å². The number of aliphatic hydroxyl groups is 1. The SMILES string of the molecule is COc1ccc2[nH]c(=O)c(CN(CCO)C(=S)Nc3cccc(C)c3)cc2c1. The Morgan fingerprint density at radius 1 is 1.25 bits per heavy atom. The summed E-state index contributed by atoms with van der Waals surface area (Å²) in [5.41, 5.74) is 3.09. The second kappa shape index (κ2) is 8.86. The normalized spacial score (nSPS) is 10.7. The Balaban J connectivity index is 1.85. The minimum atomic E-state index is -0.182. The molecule has 0 spiro atoms. The van der Waals surface area contributed by atoms with E-state index in [0.29, 0.717) is 23.0 Å². The highest BCUT2D eigenvalue weighted by Crippen LogP contribution is 2.19. The summed E-state index contributed by atoms with van der Waals surface area (Å²) >= 11 is 5.52. The highest BCUT2D eigenvalue weighted by atomic mass is 32.1. The molecule has 0 aliphatic heterocycles. The average Bonchev–Trinajstić information content (AvgIpc) is 2.67. The topological polar surface area (TPSA) is 77.6 Å². The minimum Gasteiger partial charge on any atom is -0.497 e. The van der Waals surface area contributed by atoms with Crippen molar-refractivity contribution < 1.29 is 9.84 Å². The van der Waals surface area contributed by atoms with E-state index in [2.05, 4.69) is 10.3 Å². The van der Waals surface area contributed by atoms with Crippen LogP contribution in [0.4, 0.5) is 5.69 Å². The third-order valence-corrected chi connectivity index (χ3v) is 4.78. The van der Waals surface area contributed by atoms with Crippen molar-refractivity contribution in [3.63, 3.8) is 0 Å². The second-order valence-electron chi connectivity index (χ2n) is 6.52. The molecule has 0 fully saturated rings. The van der Waals surface area contributed by atoms with Crippen molar-refractivity contribution in [3.05, 3.63) is 70.0 Å². The number of aryl methyl sites for hydroxylation is 1. The zero-order chi connectivity index (χ0) is 20.1. The first kappa shape index (κ1) is 19.9. The number of rotatable bonds is 6.